The average Bonchev–Trinajstić information content (AvgIpc) is 2.81. The zero-order chi connectivity index (χ0) is 15.5. The van der Waals surface area contributed by atoms with Crippen molar-refractivity contribution in [2.75, 3.05) is 6.61 Å². The van der Waals surface area contributed by atoms with Gasteiger partial charge in [0, 0.05) is 0 Å². The minimum Gasteiger partial charge on any atom is -0.393 e. The minimum absolute atomic E-state index is 0.0664. The van der Waals surface area contributed by atoms with Crippen molar-refractivity contribution in [3.63, 3.8) is 0 Å². The molecule has 0 amide bonds. The lowest BCUT2D eigenvalue weighted by Crippen LogP contribution is -2.53. The summed E-state index contributed by atoms with van der Waals surface area (Å²) in [5, 5.41) is 20.1. The van der Waals surface area contributed by atoms with Crippen molar-refractivity contribution in [2.24, 2.45) is 34.5 Å². The highest BCUT2D eigenvalue weighted by Crippen LogP contribution is 2.66. The highest BCUT2D eigenvalue weighted by Gasteiger charge is 2.59. The third-order valence-corrected chi connectivity index (χ3v) is 8.52. The number of hydrogen-bond donors (Lipinski definition) is 2. The van der Waals surface area contributed by atoms with Gasteiger partial charge in [-0.15, -0.1) is 0 Å². The SMILES string of the molecule is C[C@]12CC(CO)=CC[C@H]1CC[C@@H]1[C@@H]2CC[C@]2(C)[C@H](O)CC[C@@H]12. The number of fused-ring (bicyclic) bond motifs is 5. The van der Waals surface area contributed by atoms with Gasteiger partial charge in [0.05, 0.1) is 12.7 Å². The van der Waals surface area contributed by atoms with Gasteiger partial charge >= 0.3 is 0 Å². The monoisotopic (exact) mass is 304 g/mol. The zero-order valence-electron chi connectivity index (χ0n) is 14.2. The minimum atomic E-state index is -0.0664. The molecule has 2 heteroatoms. The lowest BCUT2D eigenvalue weighted by atomic mass is 9.45. The van der Waals surface area contributed by atoms with Gasteiger partial charge in [-0.25, -0.2) is 0 Å². The summed E-state index contributed by atoms with van der Waals surface area (Å²) in [4.78, 5) is 0. The second kappa shape index (κ2) is 5.08. The van der Waals surface area contributed by atoms with Crippen molar-refractivity contribution in [1.82, 2.24) is 0 Å². The van der Waals surface area contributed by atoms with Gasteiger partial charge < -0.3 is 10.2 Å². The summed E-state index contributed by atoms with van der Waals surface area (Å²) in [6.07, 6.45) is 12.0. The van der Waals surface area contributed by atoms with Crippen LogP contribution in [0.5, 0.6) is 0 Å². The summed E-state index contributed by atoms with van der Waals surface area (Å²) >= 11 is 0. The van der Waals surface area contributed by atoms with E-state index in [1.807, 2.05) is 0 Å². The second-order valence-electron chi connectivity index (χ2n) is 9.23. The van der Waals surface area contributed by atoms with E-state index in [0.717, 1.165) is 36.5 Å². The van der Waals surface area contributed by atoms with E-state index in [-0.39, 0.29) is 18.1 Å². The highest BCUT2D eigenvalue weighted by atomic mass is 16.3. The van der Waals surface area contributed by atoms with E-state index in [0.29, 0.717) is 5.41 Å². The molecule has 0 bridgehead atoms. The summed E-state index contributed by atoms with van der Waals surface area (Å²) in [6.45, 7) is 5.13. The van der Waals surface area contributed by atoms with Gasteiger partial charge in [-0.1, -0.05) is 19.9 Å². The number of rotatable bonds is 1. The fourth-order valence-corrected chi connectivity index (χ4v) is 7.16. The Morgan fingerprint density at radius 3 is 2.59 bits per heavy atom. The van der Waals surface area contributed by atoms with Gasteiger partial charge in [-0.2, -0.15) is 0 Å². The maximum Gasteiger partial charge on any atom is 0.0641 e. The molecule has 4 aliphatic carbocycles. The molecule has 0 unspecified atom stereocenters. The molecule has 124 valence electrons. The van der Waals surface area contributed by atoms with Crippen LogP contribution in [0.2, 0.25) is 0 Å². The summed E-state index contributed by atoms with van der Waals surface area (Å²) in [7, 11) is 0. The Hall–Kier alpha value is -0.340. The standard InChI is InChI=1S/C20H32O2/c1-19-10-9-17-15(16(19)7-8-18(19)22)6-5-14-4-3-13(12-21)11-20(14,17)2/h3,14-18,21-22H,4-12H2,1-2H3/t14-,15-,16-,17-,18+,19-,20-/m0/s1. The molecule has 7 atom stereocenters. The smallest absolute Gasteiger partial charge is 0.0641 e. The van der Waals surface area contributed by atoms with Gasteiger partial charge in [-0.05, 0) is 91.4 Å². The molecule has 0 saturated heterocycles. The summed E-state index contributed by atoms with van der Waals surface area (Å²) in [5.41, 5.74) is 1.86. The molecule has 0 heterocycles. The summed E-state index contributed by atoms with van der Waals surface area (Å²) in [5.74, 6) is 3.18. The van der Waals surface area contributed by atoms with Crippen LogP contribution in [0.1, 0.15) is 65.2 Å². The molecule has 0 aromatic carbocycles. The Kier molecular flexibility index (Phi) is 3.51. The molecule has 0 aromatic rings. The first-order chi connectivity index (χ1) is 10.5. The van der Waals surface area contributed by atoms with Gasteiger partial charge in [-0.3, -0.25) is 0 Å². The molecule has 3 fully saturated rings. The van der Waals surface area contributed by atoms with Crippen molar-refractivity contribution in [1.29, 1.82) is 0 Å². The molecular formula is C20H32O2. The van der Waals surface area contributed by atoms with Crippen LogP contribution in [0.3, 0.4) is 0 Å². The van der Waals surface area contributed by atoms with E-state index in [4.69, 9.17) is 0 Å². The first kappa shape index (κ1) is 15.2. The van der Waals surface area contributed by atoms with Crippen LogP contribution in [0.25, 0.3) is 0 Å². The van der Waals surface area contributed by atoms with E-state index in [9.17, 15) is 10.2 Å². The molecule has 0 radical (unpaired) electrons. The van der Waals surface area contributed by atoms with E-state index in [1.54, 1.807) is 0 Å². The van der Waals surface area contributed by atoms with E-state index < -0.39 is 0 Å². The van der Waals surface area contributed by atoms with Crippen molar-refractivity contribution in [3.8, 4) is 0 Å². The van der Waals surface area contributed by atoms with Crippen molar-refractivity contribution in [2.45, 2.75) is 71.3 Å². The predicted molar refractivity (Wildman–Crippen MR) is 88.3 cm³/mol. The first-order valence-corrected chi connectivity index (χ1v) is 9.46. The van der Waals surface area contributed by atoms with Gasteiger partial charge in [0.25, 0.3) is 0 Å². The highest BCUT2D eigenvalue weighted by molar-refractivity contribution is 5.17. The van der Waals surface area contributed by atoms with Crippen molar-refractivity contribution >= 4 is 0 Å². The number of hydrogen-bond acceptors (Lipinski definition) is 2. The van der Waals surface area contributed by atoms with Crippen LogP contribution in [-0.4, -0.2) is 22.9 Å². The maximum absolute atomic E-state index is 10.5. The molecule has 0 aliphatic heterocycles. The largest absolute Gasteiger partial charge is 0.393 e. The van der Waals surface area contributed by atoms with Crippen LogP contribution in [0.4, 0.5) is 0 Å². The number of allylic oxidation sites excluding steroid dienone is 1. The summed E-state index contributed by atoms with van der Waals surface area (Å²) < 4.78 is 0. The Morgan fingerprint density at radius 1 is 1.05 bits per heavy atom. The van der Waals surface area contributed by atoms with Gasteiger partial charge in [0.15, 0.2) is 0 Å². The predicted octanol–water partition coefficient (Wildman–Crippen LogP) is 3.92. The fraction of sp³-hybridized carbons (Fsp3) is 0.900. The maximum atomic E-state index is 10.5. The third kappa shape index (κ3) is 1.92. The van der Waals surface area contributed by atoms with Gasteiger partial charge in [0.2, 0.25) is 0 Å². The van der Waals surface area contributed by atoms with Gasteiger partial charge in [0.1, 0.15) is 0 Å². The average molecular weight is 304 g/mol. The molecule has 2 N–H and O–H groups in total. The Labute approximate surface area is 135 Å². The lowest BCUT2D eigenvalue weighted by Gasteiger charge is -2.60. The normalized spacial score (nSPS) is 54.2. The van der Waals surface area contributed by atoms with Crippen LogP contribution in [0, 0.1) is 34.5 Å². The topological polar surface area (TPSA) is 40.5 Å². The third-order valence-electron chi connectivity index (χ3n) is 8.52. The quantitative estimate of drug-likeness (QED) is 0.721. The Bertz CT molecular complexity index is 484. The molecule has 3 saturated carbocycles. The van der Waals surface area contributed by atoms with Crippen molar-refractivity contribution in [3.05, 3.63) is 11.6 Å². The molecular weight excluding hydrogens is 272 g/mol. The summed E-state index contributed by atoms with van der Waals surface area (Å²) in [6, 6.07) is 0. The molecule has 0 spiro atoms. The fourth-order valence-electron chi connectivity index (χ4n) is 7.16. The molecule has 2 nitrogen and oxygen atoms in total. The first-order valence-electron chi connectivity index (χ1n) is 9.46. The number of aliphatic hydroxyl groups is 2. The number of aliphatic hydroxyl groups excluding tert-OH is 2. The van der Waals surface area contributed by atoms with Crippen LogP contribution in [-0.2, 0) is 0 Å². The van der Waals surface area contributed by atoms with Crippen LogP contribution in [0.15, 0.2) is 11.6 Å². The molecule has 4 rings (SSSR count). The van der Waals surface area contributed by atoms with Crippen LogP contribution < -0.4 is 0 Å². The van der Waals surface area contributed by atoms with E-state index in [2.05, 4.69) is 19.9 Å². The second-order valence-corrected chi connectivity index (χ2v) is 9.23. The van der Waals surface area contributed by atoms with Crippen LogP contribution >= 0.6 is 0 Å². The van der Waals surface area contributed by atoms with E-state index in [1.165, 1.54) is 44.1 Å². The zero-order valence-corrected chi connectivity index (χ0v) is 14.2. The lowest BCUT2D eigenvalue weighted by molar-refractivity contribution is -0.110. The Morgan fingerprint density at radius 2 is 1.82 bits per heavy atom. The Balaban J connectivity index is 1.64. The van der Waals surface area contributed by atoms with E-state index >= 15 is 0 Å². The molecule has 0 aromatic heterocycles. The molecule has 4 aliphatic rings. The molecule has 22 heavy (non-hydrogen) atoms. The van der Waals surface area contributed by atoms with Crippen molar-refractivity contribution < 1.29 is 10.2 Å².